The van der Waals surface area contributed by atoms with Crippen LogP contribution in [0.1, 0.15) is 27.2 Å². The smallest absolute Gasteiger partial charge is 0.204 e. The van der Waals surface area contributed by atoms with Crippen LogP contribution in [0.3, 0.4) is 0 Å². The van der Waals surface area contributed by atoms with Crippen LogP contribution in [0.4, 0.5) is 4.39 Å². The highest BCUT2D eigenvalue weighted by Crippen LogP contribution is 2.14. The Morgan fingerprint density at radius 1 is 1.60 bits per heavy atom. The van der Waals surface area contributed by atoms with Gasteiger partial charge in [0.15, 0.2) is 0 Å². The van der Waals surface area contributed by atoms with Crippen LogP contribution in [0.25, 0.3) is 0 Å². The molecule has 0 aromatic carbocycles. The number of ether oxygens (including phenoxy) is 2. The van der Waals surface area contributed by atoms with Crippen molar-refractivity contribution >= 4 is 6.41 Å². The second-order valence-corrected chi connectivity index (χ2v) is 2.51. The van der Waals surface area contributed by atoms with Crippen LogP contribution in [0.15, 0.2) is 0 Å². The minimum absolute atomic E-state index is 0.199. The van der Waals surface area contributed by atoms with Crippen molar-refractivity contribution in [3.05, 3.63) is 0 Å². The van der Waals surface area contributed by atoms with Gasteiger partial charge in [-0.05, 0) is 13.3 Å². The Hall–Kier alpha value is -0.680. The first kappa shape index (κ1) is 16.7. The van der Waals surface area contributed by atoms with Gasteiger partial charge in [0, 0.05) is 13.2 Å². The van der Waals surface area contributed by atoms with Crippen molar-refractivity contribution in [1.82, 2.24) is 0 Å². The molecular weight excluding hydrogens is 201 g/mol. The molecule has 1 saturated heterocycles. The van der Waals surface area contributed by atoms with Gasteiger partial charge in [-0.25, -0.2) is 4.39 Å². The lowest BCUT2D eigenvalue weighted by molar-refractivity contribution is -0.106. The second-order valence-electron chi connectivity index (χ2n) is 2.51. The predicted octanol–water partition coefficient (Wildman–Crippen LogP) is 1.28. The monoisotopic (exact) mass is 223 g/mol. The Balaban J connectivity index is 0. The minimum atomic E-state index is -0.923. The van der Waals surface area contributed by atoms with E-state index in [1.807, 2.05) is 20.8 Å². The largest absolute Gasteiger partial charge is 0.378 e. The fourth-order valence-electron chi connectivity index (χ4n) is 1.09. The summed E-state index contributed by atoms with van der Waals surface area (Å²) < 4.78 is 22.8. The molecule has 0 radical (unpaired) electrons. The third-order valence-electron chi connectivity index (χ3n) is 1.61. The van der Waals surface area contributed by atoms with Crippen molar-refractivity contribution in [1.29, 1.82) is 0 Å². The molecule has 0 aromatic heterocycles. The average molecular weight is 223 g/mol. The van der Waals surface area contributed by atoms with Gasteiger partial charge in [-0.15, -0.1) is 0 Å². The lowest BCUT2D eigenvalue weighted by Gasteiger charge is -2.25. The molecule has 0 aliphatic carbocycles. The second kappa shape index (κ2) is 13.3. The van der Waals surface area contributed by atoms with E-state index in [9.17, 15) is 4.39 Å². The van der Waals surface area contributed by atoms with E-state index in [-0.39, 0.29) is 19.1 Å². The molecule has 2 atom stereocenters. The topological polar surface area (TPSA) is 61.6 Å². The number of nitrogens with two attached hydrogens (primary N) is 1. The molecule has 0 spiro atoms. The standard InChI is InChI=1S/C7H13FO2.C2H6.CH3NO/c1-2-10-7-3-4-9-5-6(7)8;1-2;2-1-3/h6-7H,2-5H2,1H3;1-2H3;1H,(H2,2,3). The van der Waals surface area contributed by atoms with Gasteiger partial charge in [-0.1, -0.05) is 13.8 Å². The Bertz CT molecular complexity index is 134. The molecule has 0 aromatic rings. The molecule has 1 amide bonds. The quantitative estimate of drug-likeness (QED) is 0.717. The van der Waals surface area contributed by atoms with Gasteiger partial charge in [0.2, 0.25) is 6.41 Å². The van der Waals surface area contributed by atoms with E-state index in [0.29, 0.717) is 19.6 Å². The van der Waals surface area contributed by atoms with Crippen molar-refractivity contribution in [2.24, 2.45) is 5.73 Å². The van der Waals surface area contributed by atoms with Crippen molar-refractivity contribution in [2.75, 3.05) is 19.8 Å². The van der Waals surface area contributed by atoms with Crippen LogP contribution in [0, 0.1) is 0 Å². The fraction of sp³-hybridized carbons (Fsp3) is 0.900. The summed E-state index contributed by atoms with van der Waals surface area (Å²) >= 11 is 0. The van der Waals surface area contributed by atoms with Crippen LogP contribution in [-0.4, -0.2) is 38.5 Å². The number of amides is 1. The van der Waals surface area contributed by atoms with E-state index in [1.165, 1.54) is 0 Å². The van der Waals surface area contributed by atoms with Crippen molar-refractivity contribution < 1.29 is 18.7 Å². The molecule has 0 bridgehead atoms. The van der Waals surface area contributed by atoms with Crippen LogP contribution in [-0.2, 0) is 14.3 Å². The van der Waals surface area contributed by atoms with E-state index in [1.54, 1.807) is 0 Å². The average Bonchev–Trinajstić information content (AvgIpc) is 2.26. The van der Waals surface area contributed by atoms with E-state index in [4.69, 9.17) is 14.3 Å². The maximum absolute atomic E-state index is 12.8. The molecule has 1 rings (SSSR count). The molecule has 1 heterocycles. The summed E-state index contributed by atoms with van der Waals surface area (Å²) in [6.07, 6.45) is -0.206. The first-order valence-corrected chi connectivity index (χ1v) is 5.25. The molecule has 92 valence electrons. The van der Waals surface area contributed by atoms with E-state index >= 15 is 0 Å². The Kier molecular flexibility index (Phi) is 14.9. The summed E-state index contributed by atoms with van der Waals surface area (Å²) in [5.74, 6) is 0. The summed E-state index contributed by atoms with van der Waals surface area (Å²) in [5.41, 5.74) is 4.17. The molecule has 2 N–H and O–H groups in total. The molecule has 4 nitrogen and oxygen atoms in total. The maximum atomic E-state index is 12.8. The fourth-order valence-corrected chi connectivity index (χ4v) is 1.09. The Morgan fingerprint density at radius 2 is 2.13 bits per heavy atom. The number of carbonyl (C=O) groups is 1. The van der Waals surface area contributed by atoms with Gasteiger partial charge < -0.3 is 15.2 Å². The first-order valence-electron chi connectivity index (χ1n) is 5.25. The number of carbonyl (C=O) groups excluding carboxylic acids is 1. The van der Waals surface area contributed by atoms with Crippen molar-refractivity contribution in [3.63, 3.8) is 0 Å². The summed E-state index contributed by atoms with van der Waals surface area (Å²) in [6, 6.07) is 0. The SMILES string of the molecule is CC.CCOC1CCOCC1F.NC=O. The van der Waals surface area contributed by atoms with Crippen LogP contribution < -0.4 is 5.73 Å². The molecule has 1 fully saturated rings. The molecule has 0 saturated carbocycles. The zero-order valence-electron chi connectivity index (χ0n) is 9.74. The highest BCUT2D eigenvalue weighted by molar-refractivity contribution is 5.42. The van der Waals surface area contributed by atoms with Gasteiger partial charge in [0.05, 0.1) is 12.7 Å². The lowest BCUT2D eigenvalue weighted by atomic mass is 10.1. The molecule has 2 unspecified atom stereocenters. The van der Waals surface area contributed by atoms with Crippen LogP contribution in [0.5, 0.6) is 0 Å². The molecule has 1 aliphatic heterocycles. The highest BCUT2D eigenvalue weighted by atomic mass is 19.1. The van der Waals surface area contributed by atoms with Crippen molar-refractivity contribution in [2.45, 2.75) is 39.5 Å². The van der Waals surface area contributed by atoms with Crippen LogP contribution in [0.2, 0.25) is 0 Å². The van der Waals surface area contributed by atoms with Crippen molar-refractivity contribution in [3.8, 4) is 0 Å². The first-order chi connectivity index (χ1) is 7.26. The minimum Gasteiger partial charge on any atom is -0.378 e. The number of hydrogen-bond acceptors (Lipinski definition) is 3. The Labute approximate surface area is 90.9 Å². The van der Waals surface area contributed by atoms with Gasteiger partial charge in [-0.3, -0.25) is 4.79 Å². The summed E-state index contributed by atoms with van der Waals surface area (Å²) in [5, 5.41) is 0. The number of hydrogen-bond donors (Lipinski definition) is 1. The predicted molar refractivity (Wildman–Crippen MR) is 57.3 cm³/mol. The number of halogens is 1. The van der Waals surface area contributed by atoms with E-state index in [2.05, 4.69) is 5.73 Å². The third kappa shape index (κ3) is 9.62. The third-order valence-corrected chi connectivity index (χ3v) is 1.61. The Morgan fingerprint density at radius 3 is 2.53 bits per heavy atom. The zero-order chi connectivity index (χ0) is 12.1. The normalized spacial score (nSPS) is 24.0. The van der Waals surface area contributed by atoms with Gasteiger partial charge >= 0.3 is 0 Å². The molecular formula is C10H22FNO3. The van der Waals surface area contributed by atoms with Gasteiger partial charge in [-0.2, -0.15) is 0 Å². The summed E-state index contributed by atoms with van der Waals surface area (Å²) in [4.78, 5) is 8.58. The maximum Gasteiger partial charge on any atom is 0.204 e. The number of primary amides is 1. The summed E-state index contributed by atoms with van der Waals surface area (Å²) in [7, 11) is 0. The number of rotatable bonds is 2. The van der Waals surface area contributed by atoms with Gasteiger partial charge in [0.25, 0.3) is 0 Å². The number of alkyl halides is 1. The summed E-state index contributed by atoms with van der Waals surface area (Å²) in [6.45, 7) is 7.29. The molecule has 1 aliphatic rings. The lowest BCUT2D eigenvalue weighted by Crippen LogP contribution is -2.35. The van der Waals surface area contributed by atoms with Gasteiger partial charge in [0.1, 0.15) is 6.17 Å². The van der Waals surface area contributed by atoms with Crippen LogP contribution >= 0.6 is 0 Å². The highest BCUT2D eigenvalue weighted by Gasteiger charge is 2.25. The van der Waals surface area contributed by atoms with E-state index in [0.717, 1.165) is 0 Å². The molecule has 5 heteroatoms. The van der Waals surface area contributed by atoms with E-state index < -0.39 is 6.17 Å². The molecule has 15 heavy (non-hydrogen) atoms. The zero-order valence-corrected chi connectivity index (χ0v) is 9.74.